The molecule has 0 bridgehead atoms. The zero-order chi connectivity index (χ0) is 13.0. The Morgan fingerprint density at radius 1 is 1.22 bits per heavy atom. The second-order valence-corrected chi connectivity index (χ2v) is 4.28. The van der Waals surface area contributed by atoms with E-state index in [1.54, 1.807) is 19.2 Å². The zero-order valence-electron chi connectivity index (χ0n) is 9.98. The maximum absolute atomic E-state index is 9.33. The molecule has 0 aromatic heterocycles. The predicted octanol–water partition coefficient (Wildman–Crippen LogP) is 3.67. The highest BCUT2D eigenvalue weighted by Crippen LogP contribution is 2.24. The van der Waals surface area contributed by atoms with Crippen LogP contribution < -0.4 is 10.1 Å². The molecule has 2 aromatic rings. The van der Waals surface area contributed by atoms with Gasteiger partial charge in [0.15, 0.2) is 0 Å². The van der Waals surface area contributed by atoms with Crippen molar-refractivity contribution in [1.29, 1.82) is 0 Å². The average molecular weight is 264 g/mol. The molecule has 0 fully saturated rings. The molecule has 3 nitrogen and oxygen atoms in total. The van der Waals surface area contributed by atoms with Crippen molar-refractivity contribution < 1.29 is 9.84 Å². The number of anilines is 1. The summed E-state index contributed by atoms with van der Waals surface area (Å²) in [5.41, 5.74) is 1.97. The van der Waals surface area contributed by atoms with Gasteiger partial charge in [-0.25, -0.2) is 0 Å². The summed E-state index contributed by atoms with van der Waals surface area (Å²) in [6, 6.07) is 12.9. The number of rotatable bonds is 4. The molecule has 18 heavy (non-hydrogen) atoms. The number of benzene rings is 2. The number of hydrogen-bond acceptors (Lipinski definition) is 3. The third-order valence-corrected chi connectivity index (χ3v) is 2.88. The number of ether oxygens (including phenoxy) is 1. The molecule has 0 unspecified atom stereocenters. The minimum Gasteiger partial charge on any atom is -0.506 e. The van der Waals surface area contributed by atoms with Crippen LogP contribution in [0.25, 0.3) is 0 Å². The third kappa shape index (κ3) is 3.08. The highest BCUT2D eigenvalue weighted by atomic mass is 35.5. The Hall–Kier alpha value is -1.87. The van der Waals surface area contributed by atoms with Crippen molar-refractivity contribution in [1.82, 2.24) is 0 Å². The Bertz CT molecular complexity index is 543. The number of methoxy groups -OCH3 is 1. The molecule has 0 heterocycles. The quantitative estimate of drug-likeness (QED) is 0.884. The average Bonchev–Trinajstić information content (AvgIpc) is 2.40. The number of nitrogens with one attached hydrogen (secondary N) is 1. The van der Waals surface area contributed by atoms with Crippen LogP contribution in [0.1, 0.15) is 5.56 Å². The Labute approximate surface area is 111 Å². The van der Waals surface area contributed by atoms with E-state index in [1.807, 2.05) is 30.3 Å². The normalized spacial score (nSPS) is 10.1. The highest BCUT2D eigenvalue weighted by molar-refractivity contribution is 6.32. The summed E-state index contributed by atoms with van der Waals surface area (Å²) in [6.07, 6.45) is 0. The van der Waals surface area contributed by atoms with Crippen LogP contribution in [0.5, 0.6) is 11.5 Å². The molecule has 0 spiro atoms. The first kappa shape index (κ1) is 12.6. The third-order valence-electron chi connectivity index (χ3n) is 2.58. The van der Waals surface area contributed by atoms with Gasteiger partial charge in [-0.1, -0.05) is 23.7 Å². The molecule has 0 aliphatic carbocycles. The standard InChI is InChI=1S/C14H14ClNO2/c1-18-12-4-2-3-11(8-12)16-9-10-5-6-14(17)13(15)7-10/h2-8,16-17H,9H2,1H3. The van der Waals surface area contributed by atoms with Crippen LogP contribution >= 0.6 is 11.6 Å². The fourth-order valence-corrected chi connectivity index (χ4v) is 1.80. The van der Waals surface area contributed by atoms with Crippen molar-refractivity contribution in [2.24, 2.45) is 0 Å². The second-order valence-electron chi connectivity index (χ2n) is 3.87. The number of halogens is 1. The van der Waals surface area contributed by atoms with Crippen LogP contribution in [0, 0.1) is 0 Å². The maximum atomic E-state index is 9.33. The largest absolute Gasteiger partial charge is 0.506 e. The van der Waals surface area contributed by atoms with Gasteiger partial charge in [-0.05, 0) is 29.8 Å². The van der Waals surface area contributed by atoms with Crippen molar-refractivity contribution in [3.8, 4) is 11.5 Å². The summed E-state index contributed by atoms with van der Waals surface area (Å²) < 4.78 is 5.15. The summed E-state index contributed by atoms with van der Waals surface area (Å²) in [5, 5.41) is 13.0. The molecular weight excluding hydrogens is 250 g/mol. The van der Waals surface area contributed by atoms with Crippen LogP contribution in [0.4, 0.5) is 5.69 Å². The van der Waals surface area contributed by atoms with E-state index in [9.17, 15) is 5.11 Å². The molecule has 2 N–H and O–H groups in total. The molecule has 0 saturated carbocycles. The van der Waals surface area contributed by atoms with Crippen molar-refractivity contribution in [3.05, 3.63) is 53.1 Å². The minimum absolute atomic E-state index is 0.0989. The molecule has 0 radical (unpaired) electrons. The summed E-state index contributed by atoms with van der Waals surface area (Å²) in [5.74, 6) is 0.908. The molecule has 0 saturated heterocycles. The first-order valence-electron chi connectivity index (χ1n) is 5.54. The molecule has 94 valence electrons. The van der Waals surface area contributed by atoms with Crippen LogP contribution in [0.2, 0.25) is 5.02 Å². The van der Waals surface area contributed by atoms with E-state index in [-0.39, 0.29) is 5.75 Å². The van der Waals surface area contributed by atoms with Crippen LogP contribution in [0.15, 0.2) is 42.5 Å². The van der Waals surface area contributed by atoms with Crippen LogP contribution in [0.3, 0.4) is 0 Å². The topological polar surface area (TPSA) is 41.5 Å². The molecule has 4 heteroatoms. The van der Waals surface area contributed by atoms with Gasteiger partial charge in [0.1, 0.15) is 11.5 Å². The summed E-state index contributed by atoms with van der Waals surface area (Å²) >= 11 is 5.85. The summed E-state index contributed by atoms with van der Waals surface area (Å²) in [7, 11) is 1.64. The van der Waals surface area contributed by atoms with Crippen molar-refractivity contribution >= 4 is 17.3 Å². The predicted molar refractivity (Wildman–Crippen MR) is 73.4 cm³/mol. The fraction of sp³-hybridized carbons (Fsp3) is 0.143. The van der Waals surface area contributed by atoms with Gasteiger partial charge >= 0.3 is 0 Å². The Morgan fingerprint density at radius 2 is 2.06 bits per heavy atom. The SMILES string of the molecule is COc1cccc(NCc2ccc(O)c(Cl)c2)c1. The van der Waals surface area contributed by atoms with E-state index in [2.05, 4.69) is 5.32 Å². The van der Waals surface area contributed by atoms with E-state index >= 15 is 0 Å². The van der Waals surface area contributed by atoms with Crippen molar-refractivity contribution in [2.75, 3.05) is 12.4 Å². The van der Waals surface area contributed by atoms with Gasteiger partial charge in [-0.15, -0.1) is 0 Å². The number of aromatic hydroxyl groups is 1. The van der Waals surface area contributed by atoms with Crippen LogP contribution in [-0.4, -0.2) is 12.2 Å². The lowest BCUT2D eigenvalue weighted by atomic mass is 10.2. The molecule has 0 aliphatic rings. The van der Waals surface area contributed by atoms with Gasteiger partial charge in [0, 0.05) is 18.3 Å². The van der Waals surface area contributed by atoms with Gasteiger partial charge in [0.2, 0.25) is 0 Å². The Kier molecular flexibility index (Phi) is 3.95. The lowest BCUT2D eigenvalue weighted by Crippen LogP contribution is -1.99. The van der Waals surface area contributed by atoms with Crippen LogP contribution in [-0.2, 0) is 6.54 Å². The van der Waals surface area contributed by atoms with Crippen molar-refractivity contribution in [3.63, 3.8) is 0 Å². The summed E-state index contributed by atoms with van der Waals surface area (Å²) in [4.78, 5) is 0. The van der Waals surface area contributed by atoms with E-state index in [0.717, 1.165) is 17.0 Å². The first-order valence-corrected chi connectivity index (χ1v) is 5.92. The van der Waals surface area contributed by atoms with E-state index < -0.39 is 0 Å². The molecule has 0 amide bonds. The monoisotopic (exact) mass is 263 g/mol. The Balaban J connectivity index is 2.04. The molecule has 0 atom stereocenters. The molecule has 2 aromatic carbocycles. The first-order chi connectivity index (χ1) is 8.69. The zero-order valence-corrected chi connectivity index (χ0v) is 10.7. The number of hydrogen-bond donors (Lipinski definition) is 2. The fourth-order valence-electron chi connectivity index (χ4n) is 1.60. The summed E-state index contributed by atoms with van der Waals surface area (Å²) in [6.45, 7) is 0.632. The van der Waals surface area contributed by atoms with Gasteiger partial charge in [0.25, 0.3) is 0 Å². The van der Waals surface area contributed by atoms with Gasteiger partial charge < -0.3 is 15.2 Å². The lowest BCUT2D eigenvalue weighted by molar-refractivity contribution is 0.415. The Morgan fingerprint density at radius 3 is 2.78 bits per heavy atom. The lowest BCUT2D eigenvalue weighted by Gasteiger charge is -2.08. The molecule has 0 aliphatic heterocycles. The van der Waals surface area contributed by atoms with E-state index in [1.165, 1.54) is 0 Å². The van der Waals surface area contributed by atoms with E-state index in [0.29, 0.717) is 11.6 Å². The minimum atomic E-state index is 0.0989. The van der Waals surface area contributed by atoms with Gasteiger partial charge in [-0.3, -0.25) is 0 Å². The smallest absolute Gasteiger partial charge is 0.134 e. The molecule has 2 rings (SSSR count). The second kappa shape index (κ2) is 5.65. The maximum Gasteiger partial charge on any atom is 0.134 e. The van der Waals surface area contributed by atoms with Gasteiger partial charge in [-0.2, -0.15) is 0 Å². The number of phenolic OH excluding ortho intramolecular Hbond substituents is 1. The van der Waals surface area contributed by atoms with Crippen molar-refractivity contribution in [2.45, 2.75) is 6.54 Å². The van der Waals surface area contributed by atoms with E-state index in [4.69, 9.17) is 16.3 Å². The highest BCUT2D eigenvalue weighted by Gasteiger charge is 2.00. The van der Waals surface area contributed by atoms with Gasteiger partial charge in [0.05, 0.1) is 12.1 Å². The number of phenols is 1. The molecular formula is C14H14ClNO2.